The molecule has 0 spiro atoms. The van der Waals surface area contributed by atoms with Crippen molar-refractivity contribution in [3.63, 3.8) is 0 Å². The van der Waals surface area contributed by atoms with E-state index in [1.807, 2.05) is 11.8 Å². The molecule has 0 fully saturated rings. The van der Waals surface area contributed by atoms with Gasteiger partial charge in [-0.1, -0.05) is 36.0 Å². The first-order valence-electron chi connectivity index (χ1n) is 8.80. The second-order valence-corrected chi connectivity index (χ2v) is 7.44. The first-order chi connectivity index (χ1) is 13.4. The number of para-hydroxylation sites is 2. The number of hydrogen-bond acceptors (Lipinski definition) is 5. The van der Waals surface area contributed by atoms with Crippen molar-refractivity contribution < 1.29 is 19.8 Å². The van der Waals surface area contributed by atoms with Gasteiger partial charge in [-0.2, -0.15) is 0 Å². The van der Waals surface area contributed by atoms with Gasteiger partial charge in [-0.15, -0.1) is 0 Å². The number of carbonyl (C=O) groups is 2. The van der Waals surface area contributed by atoms with Crippen molar-refractivity contribution in [2.24, 2.45) is 0 Å². The molecule has 28 heavy (non-hydrogen) atoms. The second kappa shape index (κ2) is 10.5. The highest BCUT2D eigenvalue weighted by atomic mass is 32.2. The first kappa shape index (κ1) is 21.5. The van der Waals surface area contributed by atoms with Crippen LogP contribution in [0.25, 0.3) is 0 Å². The molecular formula is C21H24N2O4S. The lowest BCUT2D eigenvalue weighted by atomic mass is 10.2. The maximum Gasteiger partial charge on any atom is 0.328 e. The molecule has 0 atom stereocenters. The zero-order valence-corrected chi connectivity index (χ0v) is 16.7. The van der Waals surface area contributed by atoms with Crippen molar-refractivity contribution in [3.05, 3.63) is 60.7 Å². The van der Waals surface area contributed by atoms with Crippen molar-refractivity contribution in [2.45, 2.75) is 16.2 Å². The molecule has 3 rings (SSSR count). The van der Waals surface area contributed by atoms with Crippen LogP contribution in [0.4, 0.5) is 11.4 Å². The van der Waals surface area contributed by atoms with Crippen molar-refractivity contribution in [1.82, 2.24) is 4.90 Å². The molecule has 6 nitrogen and oxygen atoms in total. The van der Waals surface area contributed by atoms with Gasteiger partial charge in [0.25, 0.3) is 0 Å². The fourth-order valence-electron chi connectivity index (χ4n) is 2.71. The molecule has 1 aliphatic rings. The molecular weight excluding hydrogens is 376 g/mol. The van der Waals surface area contributed by atoms with Crippen molar-refractivity contribution >= 4 is 35.1 Å². The van der Waals surface area contributed by atoms with Crippen LogP contribution in [0.5, 0.6) is 0 Å². The Hall–Kier alpha value is -2.77. The number of hydrogen-bond donors (Lipinski definition) is 2. The minimum absolute atomic E-state index is 0.558. The predicted molar refractivity (Wildman–Crippen MR) is 112 cm³/mol. The molecule has 148 valence electrons. The molecule has 0 saturated heterocycles. The van der Waals surface area contributed by atoms with Gasteiger partial charge in [0.05, 0.1) is 11.4 Å². The zero-order chi connectivity index (χ0) is 20.5. The summed E-state index contributed by atoms with van der Waals surface area (Å²) in [4.78, 5) is 26.5. The molecule has 0 bridgehead atoms. The maximum absolute atomic E-state index is 9.55. The molecule has 0 aliphatic carbocycles. The summed E-state index contributed by atoms with van der Waals surface area (Å²) < 4.78 is 0. The number of rotatable bonds is 6. The molecule has 0 aromatic heterocycles. The standard InChI is InChI=1S/C17H20N2S.C4H4O4/c1-18(2)12-7-13-19-14-8-3-5-10-16(14)20-17-11-6-4-9-15(17)19;5-3(6)1-2-4(7)8/h3-6,8-11H,7,12-13H2,1-2H3;1-2H,(H,5,6)(H,7,8). The van der Waals surface area contributed by atoms with E-state index in [1.54, 1.807) is 0 Å². The van der Waals surface area contributed by atoms with E-state index in [2.05, 4.69) is 72.4 Å². The zero-order valence-electron chi connectivity index (χ0n) is 15.9. The predicted octanol–water partition coefficient (Wildman–Crippen LogP) is 3.95. The third-order valence-electron chi connectivity index (χ3n) is 3.89. The Morgan fingerprint density at radius 1 is 0.929 bits per heavy atom. The number of nitrogens with zero attached hydrogens (tertiary/aromatic N) is 2. The highest BCUT2D eigenvalue weighted by molar-refractivity contribution is 7.99. The number of carboxylic acid groups (broad SMARTS) is 2. The van der Waals surface area contributed by atoms with Gasteiger partial charge in [-0.25, -0.2) is 9.59 Å². The van der Waals surface area contributed by atoms with Gasteiger partial charge in [0.2, 0.25) is 0 Å². The van der Waals surface area contributed by atoms with E-state index in [0.717, 1.165) is 13.1 Å². The molecule has 2 N–H and O–H groups in total. The third kappa shape index (κ3) is 6.44. The summed E-state index contributed by atoms with van der Waals surface area (Å²) in [6.45, 7) is 2.18. The average molecular weight is 401 g/mol. The Morgan fingerprint density at radius 3 is 1.82 bits per heavy atom. The van der Waals surface area contributed by atoms with E-state index in [4.69, 9.17) is 10.2 Å². The summed E-state index contributed by atoms with van der Waals surface area (Å²) in [5.41, 5.74) is 2.69. The average Bonchev–Trinajstić information content (AvgIpc) is 2.66. The molecule has 2 aromatic carbocycles. The Bertz CT molecular complexity index is 790. The summed E-state index contributed by atoms with van der Waals surface area (Å²) in [5.74, 6) is -2.51. The number of fused-ring (bicyclic) bond motifs is 2. The van der Waals surface area contributed by atoms with Crippen LogP contribution >= 0.6 is 11.8 Å². The Labute approximate surface area is 169 Å². The summed E-state index contributed by atoms with van der Waals surface area (Å²) in [7, 11) is 4.27. The Kier molecular flexibility index (Phi) is 8.10. The van der Waals surface area contributed by atoms with Crippen LogP contribution in [0.15, 0.2) is 70.5 Å². The number of anilines is 2. The van der Waals surface area contributed by atoms with E-state index in [-0.39, 0.29) is 0 Å². The molecule has 7 heteroatoms. The summed E-state index contributed by atoms with van der Waals surface area (Å²) in [5, 5.41) is 15.6. The molecule has 0 radical (unpaired) electrons. The molecule has 0 saturated carbocycles. The number of carboxylic acids is 2. The van der Waals surface area contributed by atoms with Crippen LogP contribution in [0.2, 0.25) is 0 Å². The van der Waals surface area contributed by atoms with Gasteiger partial charge in [0, 0.05) is 28.5 Å². The molecule has 1 aliphatic heterocycles. The summed E-state index contributed by atoms with van der Waals surface area (Å²) in [6.07, 6.45) is 2.28. The monoisotopic (exact) mass is 400 g/mol. The second-order valence-electron chi connectivity index (χ2n) is 6.36. The quantitative estimate of drug-likeness (QED) is 0.711. The highest BCUT2D eigenvalue weighted by Gasteiger charge is 2.22. The minimum atomic E-state index is -1.26. The van der Waals surface area contributed by atoms with Crippen LogP contribution in [0.1, 0.15) is 6.42 Å². The summed E-state index contributed by atoms with van der Waals surface area (Å²) >= 11 is 1.87. The molecule has 0 unspecified atom stereocenters. The topological polar surface area (TPSA) is 81.1 Å². The first-order valence-corrected chi connectivity index (χ1v) is 9.62. The normalized spacial score (nSPS) is 12.2. The smallest absolute Gasteiger partial charge is 0.328 e. The Morgan fingerprint density at radius 2 is 1.39 bits per heavy atom. The van der Waals surface area contributed by atoms with Gasteiger partial charge in [-0.3, -0.25) is 0 Å². The van der Waals surface area contributed by atoms with Gasteiger partial charge in [-0.05, 0) is 51.3 Å². The largest absolute Gasteiger partial charge is 0.478 e. The maximum atomic E-state index is 9.55. The van der Waals surface area contributed by atoms with Gasteiger partial charge in [0.1, 0.15) is 0 Å². The van der Waals surface area contributed by atoms with Crippen LogP contribution in [-0.2, 0) is 9.59 Å². The van der Waals surface area contributed by atoms with Crippen LogP contribution < -0.4 is 4.90 Å². The SMILES string of the molecule is CN(C)CCCN1c2ccccc2Sc2ccccc21.O=C(O)C=CC(=O)O. The van der Waals surface area contributed by atoms with E-state index >= 15 is 0 Å². The molecule has 0 amide bonds. The van der Waals surface area contributed by atoms with Crippen molar-refractivity contribution in [2.75, 3.05) is 32.1 Å². The Balaban J connectivity index is 0.000000300. The van der Waals surface area contributed by atoms with Gasteiger partial charge in [0.15, 0.2) is 0 Å². The van der Waals surface area contributed by atoms with E-state index in [9.17, 15) is 9.59 Å². The molecule has 2 aromatic rings. The van der Waals surface area contributed by atoms with E-state index < -0.39 is 11.9 Å². The fraction of sp³-hybridized carbons (Fsp3) is 0.238. The lowest BCUT2D eigenvalue weighted by Crippen LogP contribution is -2.25. The van der Waals surface area contributed by atoms with Gasteiger partial charge >= 0.3 is 11.9 Å². The minimum Gasteiger partial charge on any atom is -0.478 e. The van der Waals surface area contributed by atoms with Crippen molar-refractivity contribution in [3.8, 4) is 0 Å². The van der Waals surface area contributed by atoms with Crippen LogP contribution in [0, 0.1) is 0 Å². The fourth-order valence-corrected chi connectivity index (χ4v) is 3.81. The lowest BCUT2D eigenvalue weighted by molar-refractivity contribution is -0.134. The van der Waals surface area contributed by atoms with Crippen LogP contribution in [-0.4, -0.2) is 54.2 Å². The lowest BCUT2D eigenvalue weighted by Gasteiger charge is -2.33. The third-order valence-corrected chi connectivity index (χ3v) is 5.02. The number of aliphatic carboxylic acids is 2. The van der Waals surface area contributed by atoms with E-state index in [1.165, 1.54) is 27.6 Å². The van der Waals surface area contributed by atoms with Gasteiger partial charge < -0.3 is 20.0 Å². The molecule has 1 heterocycles. The highest BCUT2D eigenvalue weighted by Crippen LogP contribution is 2.47. The summed E-state index contributed by atoms with van der Waals surface area (Å²) in [6, 6.07) is 17.4. The van der Waals surface area contributed by atoms with Crippen LogP contribution in [0.3, 0.4) is 0 Å². The van der Waals surface area contributed by atoms with Crippen molar-refractivity contribution in [1.29, 1.82) is 0 Å². The number of benzene rings is 2. The van der Waals surface area contributed by atoms with E-state index in [0.29, 0.717) is 12.2 Å².